The van der Waals surface area contributed by atoms with Crippen molar-refractivity contribution in [1.82, 2.24) is 39.9 Å². The van der Waals surface area contributed by atoms with Crippen LogP contribution in [0.3, 0.4) is 0 Å². The van der Waals surface area contributed by atoms with Gasteiger partial charge in [-0.15, -0.1) is 9.97 Å². The molecule has 0 aliphatic heterocycles. The lowest BCUT2D eigenvalue weighted by Gasteiger charge is -2.26. The number of nitriles is 2. The Kier molecular flexibility index (Phi) is 19.5. The van der Waals surface area contributed by atoms with Gasteiger partial charge in [0, 0.05) is 34.1 Å². The van der Waals surface area contributed by atoms with Gasteiger partial charge in [0.25, 0.3) is 11.6 Å². The maximum absolute atomic E-state index is 9.22. The van der Waals surface area contributed by atoms with Crippen LogP contribution in [-0.4, -0.2) is 39.9 Å². The van der Waals surface area contributed by atoms with Crippen LogP contribution in [0.5, 0.6) is 0 Å². The van der Waals surface area contributed by atoms with Gasteiger partial charge in [-0.05, 0) is 234 Å². The van der Waals surface area contributed by atoms with Crippen molar-refractivity contribution in [3.63, 3.8) is 0 Å². The lowest BCUT2D eigenvalue weighted by molar-refractivity contribution is 1.14. The number of benzene rings is 19. The Labute approximate surface area is 723 Å². The highest BCUT2D eigenvalue weighted by atomic mass is 15.2. The molecule has 0 saturated carbocycles. The van der Waals surface area contributed by atoms with Crippen molar-refractivity contribution in [1.29, 1.82) is 10.5 Å². The van der Waals surface area contributed by atoms with Crippen LogP contribution in [0, 0.1) is 35.8 Å². The quantitative estimate of drug-likeness (QED) is 0.0684. The first kappa shape index (κ1) is 75.4. The van der Waals surface area contributed by atoms with Crippen LogP contribution in [0.1, 0.15) is 22.5 Å². The molecular formula is C112H66N14. The maximum Gasteiger partial charge on any atom is 0.316 e. The second-order valence-electron chi connectivity index (χ2n) is 30.6. The van der Waals surface area contributed by atoms with Crippen molar-refractivity contribution >= 4 is 189 Å². The van der Waals surface area contributed by atoms with Crippen molar-refractivity contribution in [2.24, 2.45) is 0 Å². The zero-order chi connectivity index (χ0) is 84.6. The number of hydrogen-bond donors (Lipinski definition) is 0. The Morgan fingerprint density at radius 3 is 0.921 bits per heavy atom. The molecule has 4 heterocycles. The van der Waals surface area contributed by atoms with Gasteiger partial charge < -0.3 is 19.5 Å². The fraction of sp³-hybridized carbons (Fsp3) is 0. The average molecular weight is 1610 g/mol. The fourth-order valence-corrected chi connectivity index (χ4v) is 17.0. The predicted octanol–water partition coefficient (Wildman–Crippen LogP) is 29.0. The standard InChI is InChI=1S/C54H38N2.C34H22.C24H6N12/c1-5-13-45-35-51(31-23-41(45)9-1)55(52-32-24-42-10-2-6-14-46(42)36-52)49-27-19-39(20-28-49)17-18-40-21-29-50(30-22-40)56(53-33-25-43-11-3-7-15-47(43)37-53)54-34-26-44-12-4-8-16-48(44)38-54;1-2-12-25-22-26(21-20-23(25)10-1)33-29-15-5-7-17-31(29)34(32-18-8-6-16-30(32)33)28-19-9-13-24-11-3-4-14-27(24)28;1-27-19-20(28-2)36-24-23(35-19)30-14-6-4-12(8-16(14)32-24)11-3-5-13-15(7-11)31-22-21(29-13)33-17(9-25)18(10-26)34-22/h1-38H;1-22H;3-8H/b18-17+;;. The molecule has 14 nitrogen and oxygen atoms in total. The SMILES string of the molecule is C(=C\c1ccc(N(c2ccc3ccccc3c2)c2ccc3ccccc3c2)cc1)/c1ccc(N(c2ccc3ccccc3c2)c2ccc3ccccc3c2)cc1.[C-]#[N+]c1nc2nc3ccc(-c4ccc5nc6nc(C#N)c(C#N)nc6nc5c4)cc3nc2nc1[N+]#[C-].c1ccc2cc(-c3c4ccccc4c(-c4cccc5ccccc45)c4ccccc34)ccc2c1. The zero-order valence-electron chi connectivity index (χ0n) is 67.4. The highest BCUT2D eigenvalue weighted by molar-refractivity contribution is 6.24. The largest absolute Gasteiger partial charge is 0.370 e. The summed E-state index contributed by atoms with van der Waals surface area (Å²) in [5, 5.41) is 38.5. The summed E-state index contributed by atoms with van der Waals surface area (Å²) in [4.78, 5) is 45.5. The number of rotatable bonds is 11. The Bertz CT molecular complexity index is 8000. The Hall–Kier alpha value is -18.1. The lowest BCUT2D eigenvalue weighted by Crippen LogP contribution is -2.10. The van der Waals surface area contributed by atoms with Gasteiger partial charge >= 0.3 is 11.3 Å². The van der Waals surface area contributed by atoms with Crippen LogP contribution < -0.4 is 9.80 Å². The third-order valence-electron chi connectivity index (χ3n) is 23.1. The molecule has 0 atom stereocenters. The number of aromatic nitrogens is 8. The third kappa shape index (κ3) is 14.5. The highest BCUT2D eigenvalue weighted by Gasteiger charge is 2.23. The first-order valence-electron chi connectivity index (χ1n) is 41.1. The number of nitrogens with zero attached hydrogens (tertiary/aromatic N) is 14. The van der Waals surface area contributed by atoms with E-state index in [1.54, 1.807) is 12.1 Å². The van der Waals surface area contributed by atoms with Crippen molar-refractivity contribution in [3.05, 3.63) is 434 Å². The molecule has 0 fully saturated rings. The molecule has 23 aromatic rings. The maximum atomic E-state index is 9.22. The van der Waals surface area contributed by atoms with Gasteiger partial charge in [0.05, 0.1) is 22.1 Å². The molecule has 0 aliphatic carbocycles. The van der Waals surface area contributed by atoms with E-state index in [-0.39, 0.29) is 45.6 Å². The molecule has 0 aliphatic rings. The summed E-state index contributed by atoms with van der Waals surface area (Å²) in [6, 6.07) is 142. The van der Waals surface area contributed by atoms with Crippen molar-refractivity contribution < 1.29 is 0 Å². The van der Waals surface area contributed by atoms with Crippen LogP contribution in [0.25, 0.3) is 186 Å². The predicted molar refractivity (Wildman–Crippen MR) is 515 cm³/mol. The van der Waals surface area contributed by atoms with E-state index in [1.165, 1.54) is 108 Å². The summed E-state index contributed by atoms with van der Waals surface area (Å²) >= 11 is 0. The minimum absolute atomic E-state index is 0.0985. The molecule has 14 heteroatoms. The highest BCUT2D eigenvalue weighted by Crippen LogP contribution is 2.47. The molecule has 0 saturated heterocycles. The molecular weight excluding hydrogens is 1540 g/mol. The topological polar surface area (TPSA) is 166 Å². The monoisotopic (exact) mass is 1610 g/mol. The molecule has 0 spiro atoms. The van der Waals surface area contributed by atoms with Gasteiger partial charge in [-0.2, -0.15) is 10.5 Å². The van der Waals surface area contributed by atoms with E-state index in [1.807, 2.05) is 36.4 Å². The van der Waals surface area contributed by atoms with Gasteiger partial charge in [0.1, 0.15) is 12.1 Å². The van der Waals surface area contributed by atoms with Gasteiger partial charge in [0.2, 0.25) is 0 Å². The smallest absolute Gasteiger partial charge is 0.316 e. The van der Waals surface area contributed by atoms with Crippen LogP contribution in [0.2, 0.25) is 0 Å². The number of fused-ring (bicyclic) bond motifs is 12. The van der Waals surface area contributed by atoms with Crippen molar-refractivity contribution in [3.8, 4) is 45.5 Å². The molecule has 0 radical (unpaired) electrons. The Morgan fingerprint density at radius 2 is 0.540 bits per heavy atom. The van der Waals surface area contributed by atoms with E-state index in [0.717, 1.165) is 56.4 Å². The van der Waals surface area contributed by atoms with Gasteiger partial charge in [-0.25, -0.2) is 29.9 Å². The normalized spacial score (nSPS) is 11.3. The molecule has 0 N–H and O–H groups in total. The summed E-state index contributed by atoms with van der Waals surface area (Å²) in [5.41, 5.74) is 18.5. The van der Waals surface area contributed by atoms with Crippen LogP contribution in [0.4, 0.5) is 45.8 Å². The summed E-state index contributed by atoms with van der Waals surface area (Å²) in [7, 11) is 0. The van der Waals surface area contributed by atoms with Crippen molar-refractivity contribution in [2.75, 3.05) is 9.80 Å². The third-order valence-corrected chi connectivity index (χ3v) is 23.1. The molecule has 0 unspecified atom stereocenters. The van der Waals surface area contributed by atoms with Crippen LogP contribution in [-0.2, 0) is 0 Å². The second kappa shape index (κ2) is 32.6. The Balaban J connectivity index is 0.000000121. The Morgan fingerprint density at radius 1 is 0.238 bits per heavy atom. The molecule has 4 aromatic heterocycles. The minimum Gasteiger partial charge on any atom is -0.370 e. The van der Waals surface area contributed by atoms with E-state index in [2.05, 4.69) is 423 Å². The van der Waals surface area contributed by atoms with Crippen LogP contribution in [0.15, 0.2) is 388 Å². The minimum atomic E-state index is -0.118. The van der Waals surface area contributed by atoms with Gasteiger partial charge in [-0.1, -0.05) is 310 Å². The van der Waals surface area contributed by atoms with Crippen LogP contribution >= 0.6 is 0 Å². The number of anilines is 6. The lowest BCUT2D eigenvalue weighted by atomic mass is 9.84. The van der Waals surface area contributed by atoms with E-state index in [0.29, 0.717) is 22.1 Å². The fourth-order valence-electron chi connectivity index (χ4n) is 17.0. The molecule has 0 amide bonds. The van der Waals surface area contributed by atoms with E-state index < -0.39 is 0 Å². The summed E-state index contributed by atoms with van der Waals surface area (Å²) in [5.74, 6) is -0.227. The van der Waals surface area contributed by atoms with Gasteiger partial charge in [0.15, 0.2) is 22.7 Å². The zero-order valence-corrected chi connectivity index (χ0v) is 67.4. The molecule has 126 heavy (non-hydrogen) atoms. The average Bonchev–Trinajstić information content (AvgIpc) is 0.730. The summed E-state index contributed by atoms with van der Waals surface area (Å²) < 4.78 is 0. The summed E-state index contributed by atoms with van der Waals surface area (Å²) in [6.07, 6.45) is 4.39. The first-order valence-corrected chi connectivity index (χ1v) is 41.1. The second-order valence-corrected chi connectivity index (χ2v) is 30.6. The number of hydrogen-bond acceptors (Lipinski definition) is 12. The van der Waals surface area contributed by atoms with Gasteiger partial charge in [-0.3, -0.25) is 0 Å². The van der Waals surface area contributed by atoms with E-state index in [9.17, 15) is 10.5 Å². The first-order chi connectivity index (χ1) is 62.2. The van der Waals surface area contributed by atoms with Crippen molar-refractivity contribution in [2.45, 2.75) is 0 Å². The molecule has 584 valence electrons. The molecule has 19 aromatic carbocycles. The van der Waals surface area contributed by atoms with E-state index >= 15 is 0 Å². The molecule has 23 rings (SSSR count). The molecule has 0 bridgehead atoms. The summed E-state index contributed by atoms with van der Waals surface area (Å²) in [6.45, 7) is 14.4. The van der Waals surface area contributed by atoms with E-state index in [4.69, 9.17) is 13.1 Å².